The molecule has 104 valence electrons. The Hall–Kier alpha value is -2.04. The summed E-state index contributed by atoms with van der Waals surface area (Å²) in [5.74, 6) is 0.129. The van der Waals surface area contributed by atoms with Crippen LogP contribution in [-0.2, 0) is 6.61 Å². The summed E-state index contributed by atoms with van der Waals surface area (Å²) in [6.45, 7) is -0.0792. The van der Waals surface area contributed by atoms with Gasteiger partial charge < -0.3 is 15.2 Å². The summed E-state index contributed by atoms with van der Waals surface area (Å²) in [5.41, 5.74) is 1.68. The summed E-state index contributed by atoms with van der Waals surface area (Å²) in [6, 6.07) is 11.8. The molecular weight excluding hydrogens is 278 g/mol. The van der Waals surface area contributed by atoms with Gasteiger partial charge in [0.05, 0.1) is 19.3 Å². The highest BCUT2D eigenvalue weighted by Gasteiger charge is 2.13. The molecular formula is C15H14ClNO3. The van der Waals surface area contributed by atoms with Crippen LogP contribution in [0.25, 0.3) is 0 Å². The van der Waals surface area contributed by atoms with E-state index in [-0.39, 0.29) is 12.5 Å². The number of hydrogen-bond donors (Lipinski definition) is 2. The van der Waals surface area contributed by atoms with Gasteiger partial charge in [0.1, 0.15) is 5.75 Å². The Morgan fingerprint density at radius 2 is 2.10 bits per heavy atom. The number of nitrogens with one attached hydrogen (secondary N) is 1. The number of amides is 1. The van der Waals surface area contributed by atoms with Crippen LogP contribution in [0.2, 0.25) is 5.02 Å². The van der Waals surface area contributed by atoms with Crippen LogP contribution in [0.3, 0.4) is 0 Å². The molecule has 20 heavy (non-hydrogen) atoms. The van der Waals surface area contributed by atoms with Crippen LogP contribution in [0, 0.1) is 0 Å². The summed E-state index contributed by atoms with van der Waals surface area (Å²) in [6.07, 6.45) is 0. The number of aliphatic hydroxyl groups excluding tert-OH is 1. The number of carbonyl (C=O) groups is 1. The average molecular weight is 292 g/mol. The van der Waals surface area contributed by atoms with Crippen LogP contribution in [-0.4, -0.2) is 18.1 Å². The van der Waals surface area contributed by atoms with Crippen molar-refractivity contribution in [2.75, 3.05) is 12.4 Å². The fraction of sp³-hybridized carbons (Fsp3) is 0.133. The molecule has 0 fully saturated rings. The number of hydrogen-bond acceptors (Lipinski definition) is 3. The fourth-order valence-corrected chi connectivity index (χ4v) is 1.98. The van der Waals surface area contributed by atoms with E-state index in [2.05, 4.69) is 5.32 Å². The number of halogens is 1. The lowest BCUT2D eigenvalue weighted by Gasteiger charge is -2.10. The van der Waals surface area contributed by atoms with E-state index in [0.29, 0.717) is 22.0 Å². The van der Waals surface area contributed by atoms with Crippen molar-refractivity contribution in [2.24, 2.45) is 0 Å². The van der Waals surface area contributed by atoms with Crippen molar-refractivity contribution < 1.29 is 14.6 Å². The minimum Gasteiger partial charge on any atom is -0.496 e. The van der Waals surface area contributed by atoms with Crippen LogP contribution < -0.4 is 10.1 Å². The second-order valence-electron chi connectivity index (χ2n) is 4.16. The molecule has 0 unspecified atom stereocenters. The van der Waals surface area contributed by atoms with Gasteiger partial charge in [0, 0.05) is 10.7 Å². The average Bonchev–Trinajstić information content (AvgIpc) is 2.47. The van der Waals surface area contributed by atoms with Gasteiger partial charge in [0.15, 0.2) is 0 Å². The maximum Gasteiger partial charge on any atom is 0.259 e. The number of aliphatic hydroxyl groups is 1. The first kappa shape index (κ1) is 14.4. The molecule has 0 atom stereocenters. The first-order valence-corrected chi connectivity index (χ1v) is 6.36. The van der Waals surface area contributed by atoms with Crippen LogP contribution in [0.5, 0.6) is 5.75 Å². The summed E-state index contributed by atoms with van der Waals surface area (Å²) >= 11 is 5.90. The van der Waals surface area contributed by atoms with Crippen LogP contribution in [0.1, 0.15) is 15.9 Å². The lowest BCUT2D eigenvalue weighted by Crippen LogP contribution is -2.13. The number of ether oxygens (including phenoxy) is 1. The Morgan fingerprint density at radius 1 is 1.30 bits per heavy atom. The van der Waals surface area contributed by atoms with Crippen molar-refractivity contribution in [3.8, 4) is 5.75 Å². The normalized spacial score (nSPS) is 10.2. The third kappa shape index (κ3) is 3.29. The number of anilines is 1. The maximum absolute atomic E-state index is 12.2. The molecule has 0 aromatic heterocycles. The minimum absolute atomic E-state index is 0.0792. The predicted octanol–water partition coefficient (Wildman–Crippen LogP) is 3.09. The minimum atomic E-state index is -0.320. The molecule has 4 nitrogen and oxygen atoms in total. The molecule has 0 bridgehead atoms. The van der Waals surface area contributed by atoms with Crippen LogP contribution in [0.4, 0.5) is 5.69 Å². The van der Waals surface area contributed by atoms with Crippen LogP contribution >= 0.6 is 11.6 Å². The Kier molecular flexibility index (Phi) is 4.61. The van der Waals surface area contributed by atoms with Crippen molar-refractivity contribution in [1.82, 2.24) is 0 Å². The lowest BCUT2D eigenvalue weighted by atomic mass is 10.1. The fourth-order valence-electron chi connectivity index (χ4n) is 1.80. The van der Waals surface area contributed by atoms with Gasteiger partial charge in [-0.15, -0.1) is 0 Å². The molecule has 2 aromatic rings. The highest BCUT2D eigenvalue weighted by molar-refractivity contribution is 6.31. The number of benzene rings is 2. The molecule has 2 N–H and O–H groups in total. The third-order valence-corrected chi connectivity index (χ3v) is 3.01. The molecule has 0 aliphatic carbocycles. The van der Waals surface area contributed by atoms with Gasteiger partial charge in [-0.05, 0) is 35.9 Å². The second kappa shape index (κ2) is 6.41. The van der Waals surface area contributed by atoms with Gasteiger partial charge in [0.2, 0.25) is 0 Å². The van der Waals surface area contributed by atoms with E-state index in [4.69, 9.17) is 21.4 Å². The largest absolute Gasteiger partial charge is 0.496 e. The van der Waals surface area contributed by atoms with Gasteiger partial charge in [-0.2, -0.15) is 0 Å². The van der Waals surface area contributed by atoms with E-state index in [0.717, 1.165) is 5.56 Å². The molecule has 0 saturated carbocycles. The molecule has 2 aromatic carbocycles. The zero-order valence-corrected chi connectivity index (χ0v) is 11.6. The van der Waals surface area contributed by atoms with Crippen molar-refractivity contribution in [2.45, 2.75) is 6.61 Å². The first-order valence-electron chi connectivity index (χ1n) is 5.98. The van der Waals surface area contributed by atoms with Crippen molar-refractivity contribution >= 4 is 23.2 Å². The molecule has 0 spiro atoms. The number of carbonyl (C=O) groups excluding carboxylic acids is 1. The standard InChI is InChI=1S/C15H14ClNO3/c1-20-14-6-5-11(16)8-13(14)15(19)17-12-4-2-3-10(7-12)9-18/h2-8,18H,9H2,1H3,(H,17,19). The lowest BCUT2D eigenvalue weighted by molar-refractivity contribution is 0.102. The van der Waals surface area contributed by atoms with Gasteiger partial charge >= 0.3 is 0 Å². The third-order valence-electron chi connectivity index (χ3n) is 2.77. The van der Waals surface area contributed by atoms with E-state index in [1.807, 2.05) is 0 Å². The van der Waals surface area contributed by atoms with Gasteiger partial charge in [-0.3, -0.25) is 4.79 Å². The summed E-state index contributed by atoms with van der Waals surface area (Å²) in [5, 5.41) is 12.3. The number of methoxy groups -OCH3 is 1. The Morgan fingerprint density at radius 3 is 2.80 bits per heavy atom. The topological polar surface area (TPSA) is 58.6 Å². The maximum atomic E-state index is 12.2. The zero-order chi connectivity index (χ0) is 14.5. The van der Waals surface area contributed by atoms with Crippen molar-refractivity contribution in [1.29, 1.82) is 0 Å². The summed E-state index contributed by atoms with van der Waals surface area (Å²) in [4.78, 5) is 12.2. The molecule has 5 heteroatoms. The monoisotopic (exact) mass is 291 g/mol. The second-order valence-corrected chi connectivity index (χ2v) is 4.59. The highest BCUT2D eigenvalue weighted by Crippen LogP contribution is 2.23. The molecule has 2 rings (SSSR count). The molecule has 0 aliphatic rings. The summed E-state index contributed by atoms with van der Waals surface area (Å²) in [7, 11) is 1.49. The van der Waals surface area contributed by atoms with Gasteiger partial charge in [-0.25, -0.2) is 0 Å². The van der Waals surface area contributed by atoms with Crippen molar-refractivity contribution in [3.63, 3.8) is 0 Å². The molecule has 1 amide bonds. The van der Waals surface area contributed by atoms with E-state index in [1.165, 1.54) is 7.11 Å². The van der Waals surface area contributed by atoms with Gasteiger partial charge in [0.25, 0.3) is 5.91 Å². The molecule has 0 aliphatic heterocycles. The Bertz CT molecular complexity index is 628. The highest BCUT2D eigenvalue weighted by atomic mass is 35.5. The zero-order valence-electron chi connectivity index (χ0n) is 10.9. The first-order chi connectivity index (χ1) is 9.63. The van der Waals surface area contributed by atoms with Crippen LogP contribution in [0.15, 0.2) is 42.5 Å². The molecule has 0 heterocycles. The Labute approximate surface area is 122 Å². The smallest absolute Gasteiger partial charge is 0.259 e. The van der Waals surface area contributed by atoms with Crippen molar-refractivity contribution in [3.05, 3.63) is 58.6 Å². The predicted molar refractivity (Wildman–Crippen MR) is 78.3 cm³/mol. The summed E-state index contributed by atoms with van der Waals surface area (Å²) < 4.78 is 5.14. The molecule has 0 radical (unpaired) electrons. The van der Waals surface area contributed by atoms with E-state index < -0.39 is 0 Å². The number of rotatable bonds is 4. The van der Waals surface area contributed by atoms with E-state index in [1.54, 1.807) is 42.5 Å². The quantitative estimate of drug-likeness (QED) is 0.910. The molecule has 0 saturated heterocycles. The van der Waals surface area contributed by atoms with Gasteiger partial charge in [-0.1, -0.05) is 23.7 Å². The van der Waals surface area contributed by atoms with E-state index >= 15 is 0 Å². The Balaban J connectivity index is 2.25. The van der Waals surface area contributed by atoms with E-state index in [9.17, 15) is 4.79 Å². The SMILES string of the molecule is COc1ccc(Cl)cc1C(=O)Nc1cccc(CO)c1.